The minimum absolute atomic E-state index is 0.0808. The average Bonchev–Trinajstić information content (AvgIpc) is 3.11. The maximum atomic E-state index is 12.4. The number of nitrogens with one attached hydrogen (secondary N) is 1. The first-order valence-corrected chi connectivity index (χ1v) is 8.02. The molecule has 1 fully saturated rings. The van der Waals surface area contributed by atoms with Gasteiger partial charge in [0.25, 0.3) is 5.91 Å². The molecule has 0 radical (unpaired) electrons. The van der Waals surface area contributed by atoms with E-state index in [0.717, 1.165) is 31.9 Å². The maximum absolute atomic E-state index is 12.4. The summed E-state index contributed by atoms with van der Waals surface area (Å²) in [5.74, 6) is 1.97. The number of nitrogens with zero attached hydrogens (tertiary/aromatic N) is 3. The zero-order chi connectivity index (χ0) is 16.4. The highest BCUT2D eigenvalue weighted by Gasteiger charge is 2.23. The normalized spacial score (nSPS) is 16.9. The number of amides is 1. The Hall–Kier alpha value is -2.83. The second-order valence-corrected chi connectivity index (χ2v) is 5.85. The molecule has 4 rings (SSSR count). The molecule has 1 aromatic heterocycles. The molecule has 124 valence electrons. The predicted octanol–water partition coefficient (Wildman–Crippen LogP) is 1.60. The largest absolute Gasteiger partial charge is 0.454 e. The van der Waals surface area contributed by atoms with Crippen molar-refractivity contribution in [3.63, 3.8) is 0 Å². The number of piperidine rings is 1. The molecule has 0 bridgehead atoms. The van der Waals surface area contributed by atoms with Gasteiger partial charge in [-0.1, -0.05) is 0 Å². The van der Waals surface area contributed by atoms with Gasteiger partial charge in [0, 0.05) is 37.1 Å². The Labute approximate surface area is 139 Å². The average molecular weight is 326 g/mol. The fraction of sp³-hybridized carbons (Fsp3) is 0.353. The van der Waals surface area contributed by atoms with Crippen LogP contribution >= 0.6 is 0 Å². The summed E-state index contributed by atoms with van der Waals surface area (Å²) in [5.41, 5.74) is 0.591. The van der Waals surface area contributed by atoms with Crippen molar-refractivity contribution in [3.05, 3.63) is 42.2 Å². The van der Waals surface area contributed by atoms with Crippen molar-refractivity contribution in [2.24, 2.45) is 0 Å². The van der Waals surface area contributed by atoms with Crippen molar-refractivity contribution in [1.82, 2.24) is 15.3 Å². The van der Waals surface area contributed by atoms with E-state index in [2.05, 4.69) is 20.2 Å². The lowest BCUT2D eigenvalue weighted by Crippen LogP contribution is -2.45. The number of ether oxygens (including phenoxy) is 2. The zero-order valence-electron chi connectivity index (χ0n) is 13.1. The summed E-state index contributed by atoms with van der Waals surface area (Å²) in [6, 6.07) is 7.22. The molecule has 3 heterocycles. The fourth-order valence-electron chi connectivity index (χ4n) is 2.98. The van der Waals surface area contributed by atoms with Crippen molar-refractivity contribution in [2.45, 2.75) is 18.9 Å². The molecule has 0 unspecified atom stereocenters. The van der Waals surface area contributed by atoms with Gasteiger partial charge in [0.2, 0.25) is 12.7 Å². The van der Waals surface area contributed by atoms with E-state index in [1.807, 2.05) is 6.07 Å². The number of hydrogen-bond donors (Lipinski definition) is 1. The second-order valence-electron chi connectivity index (χ2n) is 5.85. The molecule has 1 aromatic carbocycles. The van der Waals surface area contributed by atoms with Gasteiger partial charge >= 0.3 is 0 Å². The molecule has 2 aliphatic rings. The smallest absolute Gasteiger partial charge is 0.251 e. The van der Waals surface area contributed by atoms with E-state index >= 15 is 0 Å². The molecule has 0 spiro atoms. The van der Waals surface area contributed by atoms with Crippen LogP contribution in [0.3, 0.4) is 0 Å². The summed E-state index contributed by atoms with van der Waals surface area (Å²) in [5, 5.41) is 3.10. The van der Waals surface area contributed by atoms with E-state index in [1.54, 1.807) is 30.6 Å². The Morgan fingerprint density at radius 1 is 1.12 bits per heavy atom. The number of fused-ring (bicyclic) bond motifs is 1. The van der Waals surface area contributed by atoms with Gasteiger partial charge in [-0.15, -0.1) is 0 Å². The van der Waals surface area contributed by atoms with Crippen LogP contribution in [0, 0.1) is 0 Å². The van der Waals surface area contributed by atoms with Crippen molar-refractivity contribution in [1.29, 1.82) is 0 Å². The quantitative estimate of drug-likeness (QED) is 0.923. The van der Waals surface area contributed by atoms with Gasteiger partial charge in [0.1, 0.15) is 0 Å². The van der Waals surface area contributed by atoms with E-state index in [9.17, 15) is 4.79 Å². The van der Waals surface area contributed by atoms with Gasteiger partial charge in [0.05, 0.1) is 0 Å². The Balaban J connectivity index is 1.34. The lowest BCUT2D eigenvalue weighted by atomic mass is 10.0. The van der Waals surface area contributed by atoms with Gasteiger partial charge in [-0.3, -0.25) is 4.79 Å². The second kappa shape index (κ2) is 6.35. The van der Waals surface area contributed by atoms with E-state index in [4.69, 9.17) is 9.47 Å². The van der Waals surface area contributed by atoms with Crippen LogP contribution in [0.5, 0.6) is 11.5 Å². The Morgan fingerprint density at radius 2 is 1.88 bits per heavy atom. The van der Waals surface area contributed by atoms with E-state index < -0.39 is 0 Å². The molecule has 1 N–H and O–H groups in total. The van der Waals surface area contributed by atoms with Gasteiger partial charge in [-0.25, -0.2) is 9.97 Å². The summed E-state index contributed by atoms with van der Waals surface area (Å²) in [6.07, 6.45) is 5.23. The number of benzene rings is 1. The van der Waals surface area contributed by atoms with E-state index in [-0.39, 0.29) is 18.7 Å². The van der Waals surface area contributed by atoms with Crippen LogP contribution in [-0.2, 0) is 0 Å². The minimum Gasteiger partial charge on any atom is -0.454 e. The highest BCUT2D eigenvalue weighted by Crippen LogP contribution is 2.32. The van der Waals surface area contributed by atoms with Crippen LogP contribution in [-0.4, -0.2) is 41.8 Å². The molecule has 0 saturated carbocycles. The molecule has 0 atom stereocenters. The number of carbonyl (C=O) groups is 1. The molecule has 1 saturated heterocycles. The molecular weight excluding hydrogens is 308 g/mol. The zero-order valence-corrected chi connectivity index (χ0v) is 13.1. The molecule has 2 aliphatic heterocycles. The summed E-state index contributed by atoms with van der Waals surface area (Å²) in [6.45, 7) is 1.87. The molecule has 24 heavy (non-hydrogen) atoms. The van der Waals surface area contributed by atoms with Crippen LogP contribution in [0.1, 0.15) is 23.2 Å². The van der Waals surface area contributed by atoms with E-state index in [0.29, 0.717) is 17.1 Å². The number of carbonyl (C=O) groups excluding carboxylic acids is 1. The van der Waals surface area contributed by atoms with Crippen molar-refractivity contribution >= 4 is 11.9 Å². The van der Waals surface area contributed by atoms with E-state index in [1.165, 1.54) is 0 Å². The van der Waals surface area contributed by atoms with Crippen LogP contribution in [0.4, 0.5) is 5.95 Å². The number of aromatic nitrogens is 2. The Bertz CT molecular complexity index is 730. The monoisotopic (exact) mass is 326 g/mol. The topological polar surface area (TPSA) is 76.6 Å². The summed E-state index contributed by atoms with van der Waals surface area (Å²) < 4.78 is 10.6. The highest BCUT2D eigenvalue weighted by atomic mass is 16.7. The molecule has 2 aromatic rings. The van der Waals surface area contributed by atoms with Crippen molar-refractivity contribution in [3.8, 4) is 11.5 Å². The van der Waals surface area contributed by atoms with Gasteiger partial charge < -0.3 is 19.7 Å². The SMILES string of the molecule is O=C(NC1CCN(c2ncccn2)CC1)c1ccc2c(c1)OCO2. The van der Waals surface area contributed by atoms with Crippen molar-refractivity contribution < 1.29 is 14.3 Å². The Kier molecular flexibility index (Phi) is 3.90. The van der Waals surface area contributed by atoms with Crippen LogP contribution in [0.15, 0.2) is 36.7 Å². The maximum Gasteiger partial charge on any atom is 0.251 e. The minimum atomic E-state index is -0.0808. The highest BCUT2D eigenvalue weighted by molar-refractivity contribution is 5.95. The van der Waals surface area contributed by atoms with Gasteiger partial charge in [-0.05, 0) is 37.1 Å². The van der Waals surface area contributed by atoms with Crippen LogP contribution in [0.25, 0.3) is 0 Å². The number of hydrogen-bond acceptors (Lipinski definition) is 6. The third-order valence-electron chi connectivity index (χ3n) is 4.30. The van der Waals surface area contributed by atoms with Gasteiger partial charge in [-0.2, -0.15) is 0 Å². The standard InChI is InChI=1S/C17H18N4O3/c22-16(12-2-3-14-15(10-12)24-11-23-14)20-13-4-8-21(9-5-13)17-18-6-1-7-19-17/h1-3,6-7,10,13H,4-5,8-9,11H2,(H,20,22). The first kappa shape index (κ1) is 14.7. The number of anilines is 1. The number of rotatable bonds is 3. The lowest BCUT2D eigenvalue weighted by Gasteiger charge is -2.32. The van der Waals surface area contributed by atoms with Gasteiger partial charge in [0.15, 0.2) is 11.5 Å². The van der Waals surface area contributed by atoms with Crippen LogP contribution < -0.4 is 19.7 Å². The molecular formula is C17H18N4O3. The third kappa shape index (κ3) is 2.97. The van der Waals surface area contributed by atoms with Crippen molar-refractivity contribution in [2.75, 3.05) is 24.8 Å². The molecule has 1 amide bonds. The molecule has 7 heteroatoms. The first-order valence-electron chi connectivity index (χ1n) is 8.02. The first-order chi connectivity index (χ1) is 11.8. The lowest BCUT2D eigenvalue weighted by molar-refractivity contribution is 0.0930. The van der Waals surface area contributed by atoms with Crippen LogP contribution in [0.2, 0.25) is 0 Å². The summed E-state index contributed by atoms with van der Waals surface area (Å²) in [7, 11) is 0. The molecule has 0 aliphatic carbocycles. The Morgan fingerprint density at radius 3 is 2.67 bits per heavy atom. The third-order valence-corrected chi connectivity index (χ3v) is 4.30. The summed E-state index contributed by atoms with van der Waals surface area (Å²) >= 11 is 0. The molecule has 7 nitrogen and oxygen atoms in total. The summed E-state index contributed by atoms with van der Waals surface area (Å²) in [4.78, 5) is 23.1. The fourth-order valence-corrected chi connectivity index (χ4v) is 2.98. The predicted molar refractivity (Wildman–Crippen MR) is 87.3 cm³/mol.